The maximum Gasteiger partial charge on any atom is 0.329 e. The second-order valence-electron chi connectivity index (χ2n) is 5.13. The zero-order chi connectivity index (χ0) is 20.9. The Morgan fingerprint density at radius 1 is 0.536 bits per heavy atom. The van der Waals surface area contributed by atoms with E-state index in [0.717, 1.165) is 0 Å². The minimum Gasteiger partial charge on any atom is -0.480 e. The van der Waals surface area contributed by atoms with Crippen LogP contribution in [0.3, 0.4) is 0 Å². The van der Waals surface area contributed by atoms with Crippen molar-refractivity contribution in [1.29, 1.82) is 0 Å². The summed E-state index contributed by atoms with van der Waals surface area (Å²) in [5.74, 6) is -2.55. The molecule has 0 unspecified atom stereocenters. The first-order valence-electron chi connectivity index (χ1n) is 8.69. The van der Waals surface area contributed by atoms with Gasteiger partial charge in [-0.05, 0) is 0 Å². The highest BCUT2D eigenvalue weighted by molar-refractivity contribution is 5.77. The van der Waals surface area contributed by atoms with E-state index in [-0.39, 0.29) is 19.8 Å². The Hall–Kier alpha value is -1.83. The number of carboxylic acids is 2. The first-order valence-corrected chi connectivity index (χ1v) is 8.69. The summed E-state index contributed by atoms with van der Waals surface area (Å²) >= 11 is 0. The molecule has 0 saturated heterocycles. The van der Waals surface area contributed by atoms with Crippen molar-refractivity contribution in [3.8, 4) is 0 Å². The van der Waals surface area contributed by atoms with Crippen LogP contribution in [-0.4, -0.2) is 114 Å². The van der Waals surface area contributed by atoms with E-state index in [1.54, 1.807) is 0 Å². The summed E-state index contributed by atoms with van der Waals surface area (Å²) in [6, 6.07) is 0. The highest BCUT2D eigenvalue weighted by atomic mass is 16.6. The second-order valence-corrected chi connectivity index (χ2v) is 5.13. The molecule has 12 heteroatoms. The van der Waals surface area contributed by atoms with Crippen molar-refractivity contribution >= 4 is 17.8 Å². The van der Waals surface area contributed by atoms with Crippen LogP contribution >= 0.6 is 0 Å². The second kappa shape index (κ2) is 19.9. The molecule has 28 heavy (non-hydrogen) atoms. The topological polar surface area (TPSA) is 159 Å². The number of aliphatic carboxylic acids is 2. The molecule has 0 aromatic rings. The van der Waals surface area contributed by atoms with Gasteiger partial charge >= 0.3 is 11.9 Å². The van der Waals surface area contributed by atoms with E-state index in [2.05, 4.69) is 10.1 Å². The van der Waals surface area contributed by atoms with Crippen LogP contribution in [0.2, 0.25) is 0 Å². The van der Waals surface area contributed by atoms with Crippen molar-refractivity contribution in [2.75, 3.05) is 85.8 Å². The van der Waals surface area contributed by atoms with Crippen LogP contribution in [0.25, 0.3) is 0 Å². The van der Waals surface area contributed by atoms with E-state index < -0.39 is 24.5 Å². The molecule has 0 radical (unpaired) electrons. The molecule has 0 atom stereocenters. The number of carbonyl (C=O) groups excluding carboxylic acids is 1. The fraction of sp³-hybridized carbons (Fsp3) is 0.812. The largest absolute Gasteiger partial charge is 0.480 e. The lowest BCUT2D eigenvalue weighted by atomic mass is 10.6. The van der Waals surface area contributed by atoms with E-state index in [9.17, 15) is 14.4 Å². The average molecular weight is 411 g/mol. The molecule has 3 N–H and O–H groups in total. The van der Waals surface area contributed by atoms with Crippen molar-refractivity contribution in [2.24, 2.45) is 0 Å². The Bertz CT molecular complexity index is 419. The van der Waals surface area contributed by atoms with Crippen molar-refractivity contribution in [2.45, 2.75) is 0 Å². The number of hydrogen-bond donors (Lipinski definition) is 3. The molecular formula is C16H29NO11. The molecule has 0 aliphatic heterocycles. The summed E-state index contributed by atoms with van der Waals surface area (Å²) < 4.78 is 30.4. The van der Waals surface area contributed by atoms with Crippen molar-refractivity contribution < 1.29 is 53.0 Å². The smallest absolute Gasteiger partial charge is 0.329 e. The zero-order valence-corrected chi connectivity index (χ0v) is 15.8. The summed E-state index contributed by atoms with van der Waals surface area (Å²) in [6.45, 7) is 2.31. The van der Waals surface area contributed by atoms with E-state index in [1.807, 2.05) is 0 Å². The van der Waals surface area contributed by atoms with Crippen LogP contribution in [0.15, 0.2) is 0 Å². The number of ether oxygens (including phenoxy) is 6. The summed E-state index contributed by atoms with van der Waals surface area (Å²) in [4.78, 5) is 31.6. The number of rotatable bonds is 21. The molecule has 0 spiro atoms. The minimum atomic E-state index is -1.13. The van der Waals surface area contributed by atoms with Gasteiger partial charge in [-0.15, -0.1) is 0 Å². The predicted octanol–water partition coefficient (Wildman–Crippen LogP) is -1.63. The maximum atomic E-state index is 11.2. The molecule has 0 rings (SSSR count). The van der Waals surface area contributed by atoms with Crippen molar-refractivity contribution in [3.05, 3.63) is 0 Å². The van der Waals surface area contributed by atoms with E-state index in [0.29, 0.717) is 59.4 Å². The van der Waals surface area contributed by atoms with Crippen LogP contribution in [0.4, 0.5) is 0 Å². The zero-order valence-electron chi connectivity index (χ0n) is 15.8. The van der Waals surface area contributed by atoms with E-state index in [4.69, 9.17) is 33.9 Å². The van der Waals surface area contributed by atoms with Gasteiger partial charge in [-0.2, -0.15) is 0 Å². The quantitative estimate of drug-likeness (QED) is 0.186. The molecule has 0 aromatic heterocycles. The van der Waals surface area contributed by atoms with Crippen molar-refractivity contribution in [1.82, 2.24) is 5.32 Å². The van der Waals surface area contributed by atoms with Crippen LogP contribution < -0.4 is 5.32 Å². The van der Waals surface area contributed by atoms with Gasteiger partial charge in [-0.1, -0.05) is 0 Å². The third kappa shape index (κ3) is 22.2. The summed E-state index contributed by atoms with van der Waals surface area (Å²) in [5, 5.41) is 19.2. The van der Waals surface area contributed by atoms with Crippen LogP contribution in [-0.2, 0) is 42.8 Å². The Kier molecular flexibility index (Phi) is 18.6. The summed E-state index contributed by atoms with van der Waals surface area (Å²) in [6.07, 6.45) is 0. The molecule has 0 saturated carbocycles. The van der Waals surface area contributed by atoms with Gasteiger partial charge in [0.15, 0.2) is 0 Å². The standard InChI is InChI=1S/C16H29NO11/c18-14(11-28-13-16(21)22)17-1-2-23-3-4-24-5-6-25-7-8-26-9-10-27-12-15(19)20/h1-13H2,(H,17,18)(H,19,20)(H,21,22). The Balaban J connectivity index is 3.13. The monoisotopic (exact) mass is 411 g/mol. The highest BCUT2D eigenvalue weighted by Gasteiger charge is 2.03. The molecular weight excluding hydrogens is 382 g/mol. The minimum absolute atomic E-state index is 0.220. The van der Waals surface area contributed by atoms with Crippen molar-refractivity contribution in [3.63, 3.8) is 0 Å². The van der Waals surface area contributed by atoms with Gasteiger partial charge in [0.05, 0.1) is 59.5 Å². The lowest BCUT2D eigenvalue weighted by molar-refractivity contribution is -0.144. The molecule has 0 aliphatic rings. The van der Waals surface area contributed by atoms with Gasteiger partial charge in [0.25, 0.3) is 0 Å². The fourth-order valence-corrected chi connectivity index (χ4v) is 1.58. The lowest BCUT2D eigenvalue weighted by Crippen LogP contribution is -2.31. The van der Waals surface area contributed by atoms with Crippen LogP contribution in [0.1, 0.15) is 0 Å². The number of hydrogen-bond acceptors (Lipinski definition) is 9. The lowest BCUT2D eigenvalue weighted by Gasteiger charge is -2.08. The van der Waals surface area contributed by atoms with Gasteiger partial charge < -0.3 is 44.0 Å². The normalized spacial score (nSPS) is 10.7. The molecule has 0 aromatic carbocycles. The molecule has 164 valence electrons. The average Bonchev–Trinajstić information content (AvgIpc) is 2.63. The summed E-state index contributed by atoms with van der Waals surface area (Å²) in [7, 11) is 0. The Morgan fingerprint density at radius 2 is 0.929 bits per heavy atom. The van der Waals surface area contributed by atoms with Gasteiger partial charge in [-0.3, -0.25) is 4.79 Å². The number of nitrogens with one attached hydrogen (secondary N) is 1. The van der Waals surface area contributed by atoms with E-state index >= 15 is 0 Å². The Morgan fingerprint density at radius 3 is 1.39 bits per heavy atom. The van der Waals surface area contributed by atoms with E-state index in [1.165, 1.54) is 0 Å². The maximum absolute atomic E-state index is 11.2. The number of carbonyl (C=O) groups is 3. The molecule has 0 heterocycles. The predicted molar refractivity (Wildman–Crippen MR) is 93.2 cm³/mol. The third-order valence-corrected chi connectivity index (χ3v) is 2.74. The van der Waals surface area contributed by atoms with Gasteiger partial charge in [0, 0.05) is 6.54 Å². The van der Waals surface area contributed by atoms with Gasteiger partial charge in [0.1, 0.15) is 19.8 Å². The fourth-order valence-electron chi connectivity index (χ4n) is 1.58. The Labute approximate surface area is 163 Å². The van der Waals surface area contributed by atoms with Crippen LogP contribution in [0, 0.1) is 0 Å². The molecule has 0 fully saturated rings. The third-order valence-electron chi connectivity index (χ3n) is 2.74. The van der Waals surface area contributed by atoms with Crippen LogP contribution in [0.5, 0.6) is 0 Å². The number of carboxylic acid groups (broad SMARTS) is 2. The SMILES string of the molecule is O=C(O)COCCOCCOCCOCCOCCNC(=O)COCC(=O)O. The molecule has 0 bridgehead atoms. The molecule has 1 amide bonds. The summed E-state index contributed by atoms with van der Waals surface area (Å²) in [5.41, 5.74) is 0. The number of amides is 1. The van der Waals surface area contributed by atoms with Gasteiger partial charge in [0.2, 0.25) is 5.91 Å². The first-order chi connectivity index (χ1) is 13.5. The first kappa shape index (κ1) is 26.2. The van der Waals surface area contributed by atoms with Gasteiger partial charge in [-0.25, -0.2) is 9.59 Å². The molecule has 12 nitrogen and oxygen atoms in total. The highest BCUT2D eigenvalue weighted by Crippen LogP contribution is 1.84. The molecule has 0 aliphatic carbocycles.